The van der Waals surface area contributed by atoms with E-state index in [4.69, 9.17) is 23.2 Å². The van der Waals surface area contributed by atoms with Crippen LogP contribution < -0.4 is 5.32 Å². The molecular formula is C16H20Cl3N3O2. The molecule has 2 heterocycles. The van der Waals surface area contributed by atoms with Crippen molar-refractivity contribution >= 4 is 47.4 Å². The van der Waals surface area contributed by atoms with E-state index in [2.05, 4.69) is 5.32 Å². The molecule has 0 aromatic heterocycles. The Balaban J connectivity index is 0.00000208. The van der Waals surface area contributed by atoms with E-state index < -0.39 is 0 Å². The molecule has 132 valence electrons. The predicted octanol–water partition coefficient (Wildman–Crippen LogP) is 2.45. The topological polar surface area (TPSA) is 52.7 Å². The zero-order valence-corrected chi connectivity index (χ0v) is 15.5. The second-order valence-corrected chi connectivity index (χ2v) is 6.75. The number of likely N-dealkylation sites (tertiary alicyclic amines) is 1. The SMILES string of the molecule is Cl.O=C(c1ccc(Cl)c(Cl)c1)N1CCCC(N2CCNCC2=O)C1. The van der Waals surface area contributed by atoms with Gasteiger partial charge in [-0.15, -0.1) is 12.4 Å². The van der Waals surface area contributed by atoms with Crippen LogP contribution in [0.15, 0.2) is 18.2 Å². The van der Waals surface area contributed by atoms with E-state index >= 15 is 0 Å². The summed E-state index contributed by atoms with van der Waals surface area (Å²) in [5, 5.41) is 3.89. The van der Waals surface area contributed by atoms with E-state index in [0.717, 1.165) is 19.4 Å². The Bertz CT molecular complexity index is 627. The predicted molar refractivity (Wildman–Crippen MR) is 97.2 cm³/mol. The lowest BCUT2D eigenvalue weighted by Gasteiger charge is -2.41. The number of benzene rings is 1. The van der Waals surface area contributed by atoms with Crippen LogP contribution in [0.5, 0.6) is 0 Å². The van der Waals surface area contributed by atoms with E-state index in [1.165, 1.54) is 0 Å². The Hall–Kier alpha value is -1.01. The Kier molecular flexibility index (Phi) is 6.75. The van der Waals surface area contributed by atoms with Crippen molar-refractivity contribution in [2.24, 2.45) is 0 Å². The molecule has 2 fully saturated rings. The van der Waals surface area contributed by atoms with Gasteiger partial charge < -0.3 is 15.1 Å². The van der Waals surface area contributed by atoms with Gasteiger partial charge in [-0.25, -0.2) is 0 Å². The Morgan fingerprint density at radius 1 is 1.21 bits per heavy atom. The summed E-state index contributed by atoms with van der Waals surface area (Å²) in [6.45, 7) is 3.18. The largest absolute Gasteiger partial charge is 0.337 e. The van der Waals surface area contributed by atoms with Gasteiger partial charge in [-0.3, -0.25) is 9.59 Å². The van der Waals surface area contributed by atoms with Crippen molar-refractivity contribution in [3.05, 3.63) is 33.8 Å². The number of nitrogens with one attached hydrogen (secondary N) is 1. The Labute approximate surface area is 157 Å². The van der Waals surface area contributed by atoms with E-state index in [9.17, 15) is 9.59 Å². The highest BCUT2D eigenvalue weighted by molar-refractivity contribution is 6.42. The van der Waals surface area contributed by atoms with Crippen molar-refractivity contribution < 1.29 is 9.59 Å². The number of halogens is 3. The molecule has 2 amide bonds. The molecule has 0 bridgehead atoms. The molecule has 24 heavy (non-hydrogen) atoms. The van der Waals surface area contributed by atoms with Gasteiger partial charge >= 0.3 is 0 Å². The van der Waals surface area contributed by atoms with Gasteiger partial charge in [-0.1, -0.05) is 23.2 Å². The fourth-order valence-corrected chi connectivity index (χ4v) is 3.51. The summed E-state index contributed by atoms with van der Waals surface area (Å²) in [7, 11) is 0. The van der Waals surface area contributed by atoms with Crippen LogP contribution in [0.3, 0.4) is 0 Å². The normalized spacial score (nSPS) is 21.4. The van der Waals surface area contributed by atoms with Crippen LogP contribution in [0, 0.1) is 0 Å². The average molecular weight is 393 g/mol. The monoisotopic (exact) mass is 391 g/mol. The van der Waals surface area contributed by atoms with Gasteiger partial charge in [-0.05, 0) is 31.0 Å². The first kappa shape index (κ1) is 19.3. The molecule has 1 unspecified atom stereocenters. The van der Waals surface area contributed by atoms with Crippen molar-refractivity contribution in [2.45, 2.75) is 18.9 Å². The molecule has 8 heteroatoms. The zero-order valence-electron chi connectivity index (χ0n) is 13.1. The number of amides is 2. The van der Waals surface area contributed by atoms with Crippen molar-refractivity contribution in [3.63, 3.8) is 0 Å². The number of carbonyl (C=O) groups excluding carboxylic acids is 2. The van der Waals surface area contributed by atoms with E-state index in [1.54, 1.807) is 18.2 Å². The summed E-state index contributed by atoms with van der Waals surface area (Å²) in [4.78, 5) is 28.4. The molecule has 3 rings (SSSR count). The molecule has 1 aromatic rings. The van der Waals surface area contributed by atoms with Gasteiger partial charge in [0.25, 0.3) is 5.91 Å². The molecule has 2 saturated heterocycles. The molecule has 1 aromatic carbocycles. The molecule has 0 radical (unpaired) electrons. The first-order valence-corrected chi connectivity index (χ1v) is 8.56. The standard InChI is InChI=1S/C16H19Cl2N3O2.ClH/c17-13-4-3-11(8-14(13)18)16(23)20-6-1-2-12(10-20)21-7-5-19-9-15(21)22;/h3-4,8,12,19H,1-2,5-7,9-10H2;1H. The number of hydrogen-bond acceptors (Lipinski definition) is 3. The van der Waals surface area contributed by atoms with Crippen molar-refractivity contribution in [1.29, 1.82) is 0 Å². The summed E-state index contributed by atoms with van der Waals surface area (Å²) >= 11 is 11.9. The van der Waals surface area contributed by atoms with Crippen LogP contribution in [-0.4, -0.2) is 60.4 Å². The summed E-state index contributed by atoms with van der Waals surface area (Å²) in [6.07, 6.45) is 1.84. The third-order valence-corrected chi connectivity index (χ3v) is 5.16. The average Bonchev–Trinajstić information content (AvgIpc) is 2.57. The third kappa shape index (κ3) is 4.14. The van der Waals surface area contributed by atoms with Crippen LogP contribution in [-0.2, 0) is 4.79 Å². The highest BCUT2D eigenvalue weighted by atomic mass is 35.5. The maximum atomic E-state index is 12.7. The number of nitrogens with zero attached hydrogens (tertiary/aromatic N) is 2. The lowest BCUT2D eigenvalue weighted by Crippen LogP contribution is -2.57. The van der Waals surface area contributed by atoms with Gasteiger partial charge in [0.2, 0.25) is 5.91 Å². The number of piperazine rings is 1. The molecule has 2 aliphatic heterocycles. The summed E-state index contributed by atoms with van der Waals surface area (Å²) in [6, 6.07) is 5.03. The van der Waals surface area contributed by atoms with Crippen molar-refractivity contribution in [3.8, 4) is 0 Å². The molecule has 2 aliphatic rings. The molecule has 1 atom stereocenters. The smallest absolute Gasteiger partial charge is 0.253 e. The van der Waals surface area contributed by atoms with Gasteiger partial charge in [0.1, 0.15) is 0 Å². The maximum Gasteiger partial charge on any atom is 0.253 e. The molecule has 1 N–H and O–H groups in total. The number of rotatable bonds is 2. The first-order valence-electron chi connectivity index (χ1n) is 7.81. The Morgan fingerprint density at radius 3 is 2.71 bits per heavy atom. The minimum atomic E-state index is -0.0594. The maximum absolute atomic E-state index is 12.7. The minimum absolute atomic E-state index is 0. The van der Waals surface area contributed by atoms with Crippen LogP contribution in [0.2, 0.25) is 10.0 Å². The van der Waals surface area contributed by atoms with Crippen LogP contribution >= 0.6 is 35.6 Å². The Morgan fingerprint density at radius 2 is 2.00 bits per heavy atom. The second kappa shape index (κ2) is 8.39. The second-order valence-electron chi connectivity index (χ2n) is 5.94. The summed E-state index contributed by atoms with van der Waals surface area (Å²) < 4.78 is 0. The number of carbonyl (C=O) groups is 2. The van der Waals surface area contributed by atoms with E-state index in [0.29, 0.717) is 41.8 Å². The van der Waals surface area contributed by atoms with Gasteiger partial charge in [0, 0.05) is 37.8 Å². The minimum Gasteiger partial charge on any atom is -0.337 e. The molecule has 5 nitrogen and oxygen atoms in total. The third-order valence-electron chi connectivity index (χ3n) is 4.42. The fourth-order valence-electron chi connectivity index (χ4n) is 3.21. The highest BCUT2D eigenvalue weighted by Crippen LogP contribution is 2.25. The first-order chi connectivity index (χ1) is 11.1. The van der Waals surface area contributed by atoms with Crippen LogP contribution in [0.25, 0.3) is 0 Å². The fraction of sp³-hybridized carbons (Fsp3) is 0.500. The van der Waals surface area contributed by atoms with Crippen LogP contribution in [0.4, 0.5) is 0 Å². The lowest BCUT2D eigenvalue weighted by molar-refractivity contribution is -0.135. The number of hydrogen-bond donors (Lipinski definition) is 1. The summed E-state index contributed by atoms with van der Waals surface area (Å²) in [5.74, 6) is 0.0564. The molecule has 0 aliphatic carbocycles. The molecule has 0 saturated carbocycles. The van der Waals surface area contributed by atoms with Gasteiger partial charge in [-0.2, -0.15) is 0 Å². The van der Waals surface area contributed by atoms with Crippen LogP contribution in [0.1, 0.15) is 23.2 Å². The molecule has 0 spiro atoms. The van der Waals surface area contributed by atoms with E-state index in [1.807, 2.05) is 9.80 Å². The van der Waals surface area contributed by atoms with Crippen molar-refractivity contribution in [1.82, 2.24) is 15.1 Å². The quantitative estimate of drug-likeness (QED) is 0.841. The zero-order chi connectivity index (χ0) is 16.4. The van der Waals surface area contributed by atoms with Crippen molar-refractivity contribution in [2.75, 3.05) is 32.7 Å². The van der Waals surface area contributed by atoms with E-state index in [-0.39, 0.29) is 30.3 Å². The lowest BCUT2D eigenvalue weighted by atomic mass is 10.0. The summed E-state index contributed by atoms with van der Waals surface area (Å²) in [5.41, 5.74) is 0.534. The molecular weight excluding hydrogens is 373 g/mol. The van der Waals surface area contributed by atoms with Gasteiger partial charge in [0.05, 0.1) is 16.6 Å². The van der Waals surface area contributed by atoms with Gasteiger partial charge in [0.15, 0.2) is 0 Å². The number of piperidine rings is 1. The highest BCUT2D eigenvalue weighted by Gasteiger charge is 2.31.